The summed E-state index contributed by atoms with van der Waals surface area (Å²) in [5, 5.41) is 4.12. The first kappa shape index (κ1) is 22.4. The Morgan fingerprint density at radius 2 is 1.85 bits per heavy atom. The van der Waals surface area contributed by atoms with E-state index in [0.717, 1.165) is 28.5 Å². The summed E-state index contributed by atoms with van der Waals surface area (Å²) in [5.74, 6) is 0.344. The fourth-order valence-corrected chi connectivity index (χ4v) is 4.83. The zero-order chi connectivity index (χ0) is 23.7. The highest BCUT2D eigenvalue weighted by molar-refractivity contribution is 7.80. The minimum absolute atomic E-state index is 0.0712. The number of ether oxygens (including phenoxy) is 1. The molecule has 1 aliphatic heterocycles. The van der Waals surface area contributed by atoms with Gasteiger partial charge in [0.15, 0.2) is 5.11 Å². The molecule has 0 amide bonds. The molecule has 0 radical (unpaired) electrons. The van der Waals surface area contributed by atoms with Gasteiger partial charge in [-0.3, -0.25) is 4.98 Å². The van der Waals surface area contributed by atoms with Crippen molar-refractivity contribution in [2.45, 2.75) is 19.0 Å². The van der Waals surface area contributed by atoms with Gasteiger partial charge >= 0.3 is 0 Å². The number of hydrogen-bond acceptors (Lipinski definition) is 3. The number of hydrogen-bond donors (Lipinski definition) is 1. The molecular weight excluding hydrogens is 471 g/mol. The summed E-state index contributed by atoms with van der Waals surface area (Å²) < 4.78 is 21.5. The average Bonchev–Trinajstić information content (AvgIpc) is 3.46. The van der Waals surface area contributed by atoms with Crippen molar-refractivity contribution in [2.75, 3.05) is 11.5 Å². The van der Waals surface area contributed by atoms with Crippen LogP contribution >= 0.6 is 23.8 Å². The van der Waals surface area contributed by atoms with Crippen LogP contribution in [0.3, 0.4) is 0 Å². The molecule has 0 unspecified atom stereocenters. The van der Waals surface area contributed by atoms with Crippen molar-refractivity contribution in [3.63, 3.8) is 0 Å². The minimum atomic E-state index is -0.454. The molecule has 1 aliphatic rings. The fraction of sp³-hybridized carbons (Fsp3) is 0.154. The molecule has 5 rings (SSSR count). The number of benzene rings is 2. The van der Waals surface area contributed by atoms with Crippen molar-refractivity contribution in [3.8, 4) is 11.4 Å². The number of halogens is 2. The van der Waals surface area contributed by atoms with E-state index in [2.05, 4.69) is 15.2 Å². The highest BCUT2D eigenvalue weighted by atomic mass is 35.5. The van der Waals surface area contributed by atoms with Gasteiger partial charge in [-0.05, 0) is 85.9 Å². The molecule has 2 atom stereocenters. The number of pyridine rings is 1. The van der Waals surface area contributed by atoms with Gasteiger partial charge in [0.25, 0.3) is 0 Å². The maximum absolute atomic E-state index is 13.9. The lowest BCUT2D eigenvalue weighted by Gasteiger charge is -2.29. The van der Waals surface area contributed by atoms with E-state index in [1.807, 2.05) is 72.3 Å². The second kappa shape index (κ2) is 9.44. The normalized spacial score (nSPS) is 17.6. The summed E-state index contributed by atoms with van der Waals surface area (Å²) in [6.45, 7) is 2.55. The Hall–Kier alpha value is -3.42. The van der Waals surface area contributed by atoms with Gasteiger partial charge in [0.1, 0.15) is 17.6 Å². The Labute approximate surface area is 207 Å². The van der Waals surface area contributed by atoms with E-state index in [1.54, 1.807) is 18.3 Å². The molecule has 5 nitrogen and oxygen atoms in total. The summed E-state index contributed by atoms with van der Waals surface area (Å²) in [4.78, 5) is 6.69. The van der Waals surface area contributed by atoms with Gasteiger partial charge in [0, 0.05) is 29.5 Å². The van der Waals surface area contributed by atoms with Gasteiger partial charge < -0.3 is 19.5 Å². The number of rotatable bonds is 6. The monoisotopic (exact) mass is 492 g/mol. The Balaban J connectivity index is 1.63. The molecule has 0 saturated carbocycles. The molecule has 4 aromatic rings. The van der Waals surface area contributed by atoms with Gasteiger partial charge in [0.2, 0.25) is 0 Å². The Morgan fingerprint density at radius 3 is 2.56 bits per heavy atom. The van der Waals surface area contributed by atoms with Crippen LogP contribution < -0.4 is 15.0 Å². The summed E-state index contributed by atoms with van der Waals surface area (Å²) in [5.41, 5.74) is 3.51. The molecule has 2 aromatic carbocycles. The van der Waals surface area contributed by atoms with Crippen LogP contribution in [-0.2, 0) is 0 Å². The van der Waals surface area contributed by atoms with Crippen LogP contribution in [0.2, 0.25) is 5.02 Å². The average molecular weight is 493 g/mol. The van der Waals surface area contributed by atoms with Crippen LogP contribution in [0, 0.1) is 5.82 Å². The topological polar surface area (TPSA) is 42.3 Å². The second-order valence-electron chi connectivity index (χ2n) is 7.82. The van der Waals surface area contributed by atoms with Gasteiger partial charge in [0.05, 0.1) is 23.4 Å². The van der Waals surface area contributed by atoms with Crippen LogP contribution in [-0.4, -0.2) is 21.3 Å². The molecule has 2 aromatic heterocycles. The predicted octanol–water partition coefficient (Wildman–Crippen LogP) is 6.24. The number of thiocarbonyl (C=S) groups is 1. The maximum Gasteiger partial charge on any atom is 0.174 e. The molecule has 0 aliphatic carbocycles. The van der Waals surface area contributed by atoms with Crippen molar-refractivity contribution >= 4 is 34.6 Å². The van der Waals surface area contributed by atoms with Crippen molar-refractivity contribution in [2.24, 2.45) is 0 Å². The van der Waals surface area contributed by atoms with Crippen molar-refractivity contribution < 1.29 is 9.13 Å². The molecule has 1 N–H and O–H groups in total. The minimum Gasteiger partial charge on any atom is -0.494 e. The zero-order valence-corrected chi connectivity index (χ0v) is 19.9. The fourth-order valence-electron chi connectivity index (χ4n) is 4.31. The SMILES string of the molecule is CCOc1ccc(N2C(=S)N[C@H](c3ccccn3)[C@@H]2c2cccn2-c2ccc(F)c(Cl)c2)cc1. The first-order valence-electron chi connectivity index (χ1n) is 10.9. The number of nitrogens with one attached hydrogen (secondary N) is 1. The second-order valence-corrected chi connectivity index (χ2v) is 8.62. The third kappa shape index (κ3) is 4.13. The van der Waals surface area contributed by atoms with E-state index < -0.39 is 5.82 Å². The lowest BCUT2D eigenvalue weighted by atomic mass is 10.0. The van der Waals surface area contributed by atoms with Crippen molar-refractivity contribution in [3.05, 3.63) is 107 Å². The number of anilines is 1. The van der Waals surface area contributed by atoms with E-state index in [9.17, 15) is 4.39 Å². The maximum atomic E-state index is 13.9. The molecule has 3 heterocycles. The van der Waals surface area contributed by atoms with Gasteiger partial charge in [-0.25, -0.2) is 4.39 Å². The molecule has 0 bridgehead atoms. The summed E-state index contributed by atoms with van der Waals surface area (Å²) in [6.07, 6.45) is 3.71. The molecular formula is C26H22ClFN4OS. The quantitative estimate of drug-likeness (QED) is 0.323. The van der Waals surface area contributed by atoms with Gasteiger partial charge in [-0.15, -0.1) is 0 Å². The number of nitrogens with zero attached hydrogens (tertiary/aromatic N) is 3. The summed E-state index contributed by atoms with van der Waals surface area (Å²) >= 11 is 11.9. The summed E-state index contributed by atoms with van der Waals surface area (Å²) in [6, 6.07) is 22.0. The van der Waals surface area contributed by atoms with Crippen molar-refractivity contribution in [1.82, 2.24) is 14.9 Å². The number of aromatic nitrogens is 2. The Bertz CT molecular complexity index is 1310. The highest BCUT2D eigenvalue weighted by Gasteiger charge is 2.42. The van der Waals surface area contributed by atoms with Crippen LogP contribution in [0.15, 0.2) is 85.2 Å². The Morgan fingerprint density at radius 1 is 1.06 bits per heavy atom. The van der Waals surface area contributed by atoms with Gasteiger partial charge in [-0.1, -0.05) is 17.7 Å². The standard InChI is InChI=1S/C26H22ClFN4OS/c1-2-33-19-11-8-17(9-12-19)32-25(24(30-26(32)34)22-6-3-4-14-29-22)23-7-5-15-31(23)18-10-13-21(28)20(27)16-18/h3-16,24-25H,2H2,1H3,(H,30,34)/t24-,25+/m1/s1. The van der Waals surface area contributed by atoms with E-state index in [-0.39, 0.29) is 17.1 Å². The van der Waals surface area contributed by atoms with Crippen LogP contribution in [0.5, 0.6) is 5.75 Å². The molecule has 34 heavy (non-hydrogen) atoms. The first-order valence-corrected chi connectivity index (χ1v) is 11.7. The molecule has 172 valence electrons. The third-order valence-corrected chi connectivity index (χ3v) is 6.39. The van der Waals surface area contributed by atoms with E-state index in [1.165, 1.54) is 6.07 Å². The van der Waals surface area contributed by atoms with Crippen molar-refractivity contribution in [1.29, 1.82) is 0 Å². The van der Waals surface area contributed by atoms with Gasteiger partial charge in [-0.2, -0.15) is 0 Å². The molecule has 8 heteroatoms. The first-order chi connectivity index (χ1) is 16.6. The molecule has 0 spiro atoms. The smallest absolute Gasteiger partial charge is 0.174 e. The van der Waals surface area contributed by atoms with Crippen LogP contribution in [0.4, 0.5) is 10.1 Å². The lowest BCUT2D eigenvalue weighted by Crippen LogP contribution is -2.30. The molecule has 1 saturated heterocycles. The van der Waals surface area contributed by atoms with Crippen LogP contribution in [0.1, 0.15) is 30.4 Å². The third-order valence-electron chi connectivity index (χ3n) is 5.79. The van der Waals surface area contributed by atoms with E-state index in [4.69, 9.17) is 28.6 Å². The van der Waals surface area contributed by atoms with Crippen LogP contribution in [0.25, 0.3) is 5.69 Å². The summed E-state index contributed by atoms with van der Waals surface area (Å²) in [7, 11) is 0. The van der Waals surface area contributed by atoms with E-state index in [0.29, 0.717) is 11.7 Å². The largest absolute Gasteiger partial charge is 0.494 e. The molecule has 1 fully saturated rings. The Kier molecular flexibility index (Phi) is 6.22. The zero-order valence-electron chi connectivity index (χ0n) is 18.4. The lowest BCUT2D eigenvalue weighted by molar-refractivity contribution is 0.340. The van der Waals surface area contributed by atoms with E-state index >= 15 is 0 Å². The predicted molar refractivity (Wildman–Crippen MR) is 136 cm³/mol. The highest BCUT2D eigenvalue weighted by Crippen LogP contribution is 2.42.